The van der Waals surface area contributed by atoms with Gasteiger partial charge in [-0.3, -0.25) is 9.79 Å². The third-order valence-electron chi connectivity index (χ3n) is 4.99. The van der Waals surface area contributed by atoms with E-state index in [0.717, 1.165) is 25.0 Å². The predicted molar refractivity (Wildman–Crippen MR) is 114 cm³/mol. The number of piperazine rings is 1. The van der Waals surface area contributed by atoms with Crippen LogP contribution in [0.3, 0.4) is 0 Å². The minimum atomic E-state index is -0.442. The normalized spacial score (nSPS) is 20.1. The van der Waals surface area contributed by atoms with Crippen LogP contribution < -0.4 is 5.32 Å². The lowest BCUT2D eigenvalue weighted by Gasteiger charge is -2.37. The molecule has 2 fully saturated rings. The number of nitrogens with one attached hydrogen (secondary N) is 1. The van der Waals surface area contributed by atoms with Crippen molar-refractivity contribution in [3.8, 4) is 0 Å². The van der Waals surface area contributed by atoms with Crippen molar-refractivity contribution in [2.24, 2.45) is 4.99 Å². The number of carbonyl (C=O) groups is 1. The Morgan fingerprint density at radius 3 is 2.61 bits per heavy atom. The maximum absolute atomic E-state index is 13.7. The van der Waals surface area contributed by atoms with Crippen LogP contribution in [0.15, 0.2) is 23.2 Å². The van der Waals surface area contributed by atoms with Gasteiger partial charge < -0.3 is 19.9 Å². The van der Waals surface area contributed by atoms with Gasteiger partial charge in [0, 0.05) is 46.4 Å². The molecule has 0 aliphatic carbocycles. The quantitative estimate of drug-likeness (QED) is 0.385. The molecule has 1 atom stereocenters. The molecule has 28 heavy (non-hydrogen) atoms. The Bertz CT molecular complexity index is 691. The Labute approximate surface area is 181 Å². The Balaban J connectivity index is 0.00000280. The Morgan fingerprint density at radius 2 is 1.96 bits per heavy atom. The fraction of sp³-hybridized carbons (Fsp3) is 0.579. The van der Waals surface area contributed by atoms with Crippen LogP contribution in [0.1, 0.15) is 18.4 Å². The molecule has 2 heterocycles. The standard InChI is InChI=1S/C19H26F2N4O2.HI/c1-22-19(23-7-6-14-13-15(20)4-5-16(14)21)25-10-8-24(9-11-25)18(26)17-3-2-12-27-17;/h4-5,13,17H,2-3,6-12H2,1H3,(H,22,23);1H. The summed E-state index contributed by atoms with van der Waals surface area (Å²) < 4.78 is 32.4. The summed E-state index contributed by atoms with van der Waals surface area (Å²) in [5, 5.41) is 3.19. The van der Waals surface area contributed by atoms with Gasteiger partial charge in [-0.2, -0.15) is 0 Å². The van der Waals surface area contributed by atoms with Crippen molar-refractivity contribution in [1.82, 2.24) is 15.1 Å². The molecule has 6 nitrogen and oxygen atoms in total. The minimum Gasteiger partial charge on any atom is -0.368 e. The van der Waals surface area contributed by atoms with Crippen molar-refractivity contribution in [2.75, 3.05) is 46.4 Å². The summed E-state index contributed by atoms with van der Waals surface area (Å²) >= 11 is 0. The van der Waals surface area contributed by atoms with E-state index in [0.29, 0.717) is 57.3 Å². The van der Waals surface area contributed by atoms with E-state index < -0.39 is 11.6 Å². The van der Waals surface area contributed by atoms with Crippen LogP contribution in [-0.4, -0.2) is 74.1 Å². The first-order valence-electron chi connectivity index (χ1n) is 9.38. The summed E-state index contributed by atoms with van der Waals surface area (Å²) in [6.07, 6.45) is 1.83. The first kappa shape index (κ1) is 22.8. The third-order valence-corrected chi connectivity index (χ3v) is 4.99. The number of guanidine groups is 1. The van der Waals surface area contributed by atoms with Crippen LogP contribution in [-0.2, 0) is 16.0 Å². The highest BCUT2D eigenvalue weighted by Crippen LogP contribution is 2.16. The number of hydrogen-bond acceptors (Lipinski definition) is 3. The van der Waals surface area contributed by atoms with Crippen molar-refractivity contribution in [2.45, 2.75) is 25.4 Å². The van der Waals surface area contributed by atoms with Crippen LogP contribution in [0.4, 0.5) is 8.78 Å². The number of amides is 1. The number of halogens is 3. The molecule has 156 valence electrons. The van der Waals surface area contributed by atoms with E-state index in [4.69, 9.17) is 4.74 Å². The van der Waals surface area contributed by atoms with Crippen molar-refractivity contribution < 1.29 is 18.3 Å². The van der Waals surface area contributed by atoms with Crippen LogP contribution in [0.5, 0.6) is 0 Å². The summed E-state index contributed by atoms with van der Waals surface area (Å²) in [7, 11) is 1.69. The molecule has 1 amide bonds. The molecule has 0 aromatic heterocycles. The number of carbonyl (C=O) groups excluding carboxylic acids is 1. The van der Waals surface area contributed by atoms with Crippen molar-refractivity contribution >= 4 is 35.8 Å². The fourth-order valence-electron chi connectivity index (χ4n) is 3.49. The van der Waals surface area contributed by atoms with Gasteiger partial charge in [0.1, 0.15) is 17.7 Å². The van der Waals surface area contributed by atoms with Gasteiger partial charge in [-0.1, -0.05) is 0 Å². The Hall–Kier alpha value is -1.49. The van der Waals surface area contributed by atoms with Gasteiger partial charge in [0.2, 0.25) is 0 Å². The predicted octanol–water partition coefficient (Wildman–Crippen LogP) is 2.02. The summed E-state index contributed by atoms with van der Waals surface area (Å²) in [5.74, 6) is -0.0649. The van der Waals surface area contributed by atoms with Crippen molar-refractivity contribution in [1.29, 1.82) is 0 Å². The van der Waals surface area contributed by atoms with E-state index in [-0.39, 0.29) is 36.0 Å². The first-order chi connectivity index (χ1) is 13.1. The monoisotopic (exact) mass is 508 g/mol. The number of hydrogen-bond donors (Lipinski definition) is 1. The third kappa shape index (κ3) is 5.76. The Morgan fingerprint density at radius 1 is 1.25 bits per heavy atom. The number of rotatable bonds is 4. The van der Waals surface area contributed by atoms with E-state index in [1.165, 1.54) is 6.07 Å². The lowest BCUT2D eigenvalue weighted by molar-refractivity contribution is -0.142. The molecule has 3 rings (SSSR count). The maximum atomic E-state index is 13.7. The molecule has 1 unspecified atom stereocenters. The average Bonchev–Trinajstić information content (AvgIpc) is 3.22. The zero-order valence-corrected chi connectivity index (χ0v) is 18.3. The Kier molecular flexibility index (Phi) is 8.87. The fourth-order valence-corrected chi connectivity index (χ4v) is 3.49. The molecule has 2 saturated heterocycles. The van der Waals surface area contributed by atoms with Crippen molar-refractivity contribution in [3.63, 3.8) is 0 Å². The van der Waals surface area contributed by atoms with Gasteiger partial charge in [-0.25, -0.2) is 8.78 Å². The smallest absolute Gasteiger partial charge is 0.251 e. The summed E-state index contributed by atoms with van der Waals surface area (Å²) in [6, 6.07) is 3.47. The van der Waals surface area contributed by atoms with E-state index in [2.05, 4.69) is 15.2 Å². The van der Waals surface area contributed by atoms with Crippen LogP contribution in [0, 0.1) is 11.6 Å². The number of aliphatic imine (C=N–C) groups is 1. The van der Waals surface area contributed by atoms with Gasteiger partial charge in [0.05, 0.1) is 0 Å². The van der Waals surface area contributed by atoms with E-state index in [1.54, 1.807) is 7.05 Å². The highest BCUT2D eigenvalue weighted by Gasteiger charge is 2.30. The van der Waals surface area contributed by atoms with E-state index in [9.17, 15) is 13.6 Å². The number of nitrogens with zero attached hydrogens (tertiary/aromatic N) is 3. The zero-order valence-electron chi connectivity index (χ0n) is 16.0. The van der Waals surface area contributed by atoms with Crippen LogP contribution in [0.25, 0.3) is 0 Å². The lowest BCUT2D eigenvalue weighted by atomic mass is 10.1. The molecule has 0 saturated carbocycles. The molecule has 1 aromatic carbocycles. The highest BCUT2D eigenvalue weighted by molar-refractivity contribution is 14.0. The van der Waals surface area contributed by atoms with Gasteiger partial charge in [0.25, 0.3) is 5.91 Å². The second-order valence-corrected chi connectivity index (χ2v) is 6.77. The lowest BCUT2D eigenvalue weighted by Crippen LogP contribution is -2.55. The molecule has 1 aromatic rings. The van der Waals surface area contributed by atoms with Crippen LogP contribution in [0.2, 0.25) is 0 Å². The zero-order chi connectivity index (χ0) is 19.2. The topological polar surface area (TPSA) is 57.2 Å². The van der Waals surface area contributed by atoms with Gasteiger partial charge in [-0.05, 0) is 43.0 Å². The summed E-state index contributed by atoms with van der Waals surface area (Å²) in [4.78, 5) is 20.6. The summed E-state index contributed by atoms with van der Waals surface area (Å²) in [6.45, 7) is 3.70. The maximum Gasteiger partial charge on any atom is 0.251 e. The second kappa shape index (κ2) is 10.9. The summed E-state index contributed by atoms with van der Waals surface area (Å²) in [5.41, 5.74) is 0.338. The average molecular weight is 508 g/mol. The van der Waals surface area contributed by atoms with Gasteiger partial charge in [-0.15, -0.1) is 24.0 Å². The van der Waals surface area contributed by atoms with Crippen LogP contribution >= 0.6 is 24.0 Å². The molecule has 1 N–H and O–H groups in total. The van der Waals surface area contributed by atoms with E-state index >= 15 is 0 Å². The van der Waals surface area contributed by atoms with E-state index in [1.807, 2.05) is 4.90 Å². The molecule has 0 bridgehead atoms. The molecule has 2 aliphatic heterocycles. The van der Waals surface area contributed by atoms with Gasteiger partial charge >= 0.3 is 0 Å². The minimum absolute atomic E-state index is 0. The molecule has 0 radical (unpaired) electrons. The SMILES string of the molecule is CN=C(NCCc1cc(F)ccc1F)N1CCN(C(=O)C2CCCO2)CC1.I. The molecule has 0 spiro atoms. The largest absolute Gasteiger partial charge is 0.368 e. The number of ether oxygens (including phenoxy) is 1. The second-order valence-electron chi connectivity index (χ2n) is 6.77. The molecule has 2 aliphatic rings. The van der Waals surface area contributed by atoms with Crippen molar-refractivity contribution in [3.05, 3.63) is 35.4 Å². The molecule has 9 heteroatoms. The molecular formula is C19H27F2IN4O2. The number of benzene rings is 1. The van der Waals surface area contributed by atoms with Gasteiger partial charge in [0.15, 0.2) is 5.96 Å². The highest BCUT2D eigenvalue weighted by atomic mass is 127. The first-order valence-corrected chi connectivity index (χ1v) is 9.38. The molecular weight excluding hydrogens is 481 g/mol.